The highest BCUT2D eigenvalue weighted by atomic mass is 16.6. The largest absolute Gasteiger partial charge is 0.448 e. The van der Waals surface area contributed by atoms with E-state index >= 15 is 0 Å². The lowest BCUT2D eigenvalue weighted by molar-refractivity contribution is -0.135. The molecule has 2 amide bonds. The van der Waals surface area contributed by atoms with Gasteiger partial charge >= 0.3 is 6.09 Å². The van der Waals surface area contributed by atoms with E-state index in [0.29, 0.717) is 13.2 Å². The van der Waals surface area contributed by atoms with Crippen molar-refractivity contribution in [3.05, 3.63) is 35.4 Å². The number of nitrogens with zero attached hydrogens (tertiary/aromatic N) is 3. The molecule has 25 heavy (non-hydrogen) atoms. The number of cyclic esters (lactones) is 1. The lowest BCUT2D eigenvalue weighted by atomic mass is 9.94. The van der Waals surface area contributed by atoms with Gasteiger partial charge in [-0.05, 0) is 44.5 Å². The predicted octanol–water partition coefficient (Wildman–Crippen LogP) is 2.25. The van der Waals surface area contributed by atoms with E-state index in [4.69, 9.17) is 4.74 Å². The van der Waals surface area contributed by atoms with Crippen LogP contribution in [0.3, 0.4) is 0 Å². The van der Waals surface area contributed by atoms with Crippen molar-refractivity contribution in [1.29, 1.82) is 0 Å². The zero-order chi connectivity index (χ0) is 17.8. The molecule has 1 aromatic carbocycles. The fourth-order valence-electron chi connectivity index (χ4n) is 3.61. The van der Waals surface area contributed by atoms with Crippen LogP contribution in [0.2, 0.25) is 0 Å². The summed E-state index contributed by atoms with van der Waals surface area (Å²) in [5, 5.41) is 0. The first-order valence-corrected chi connectivity index (χ1v) is 8.99. The van der Waals surface area contributed by atoms with Crippen LogP contribution in [0.4, 0.5) is 4.79 Å². The molecule has 2 heterocycles. The average Bonchev–Trinajstić information content (AvgIpc) is 3.00. The summed E-state index contributed by atoms with van der Waals surface area (Å²) in [6.07, 6.45) is 2.74. The number of amides is 2. The van der Waals surface area contributed by atoms with Gasteiger partial charge in [0.2, 0.25) is 5.91 Å². The van der Waals surface area contributed by atoms with Crippen molar-refractivity contribution in [2.75, 3.05) is 40.3 Å². The zero-order valence-corrected chi connectivity index (χ0v) is 15.1. The molecule has 0 N–H and O–H groups in total. The van der Waals surface area contributed by atoms with Gasteiger partial charge in [-0.25, -0.2) is 4.79 Å². The highest BCUT2D eigenvalue weighted by Crippen LogP contribution is 2.31. The van der Waals surface area contributed by atoms with Gasteiger partial charge in [0.15, 0.2) is 0 Å². The third-order valence-corrected chi connectivity index (χ3v) is 4.86. The smallest absolute Gasteiger partial charge is 0.410 e. The number of rotatable bonds is 5. The van der Waals surface area contributed by atoms with Crippen molar-refractivity contribution >= 4 is 12.0 Å². The topological polar surface area (TPSA) is 53.1 Å². The Morgan fingerprint density at radius 2 is 1.96 bits per heavy atom. The molecule has 1 aromatic rings. The summed E-state index contributed by atoms with van der Waals surface area (Å²) < 4.78 is 4.92. The van der Waals surface area contributed by atoms with Crippen LogP contribution in [0.5, 0.6) is 0 Å². The molecule has 0 bridgehead atoms. The highest BCUT2D eigenvalue weighted by Gasteiger charge is 2.31. The molecule has 0 saturated carbocycles. The van der Waals surface area contributed by atoms with E-state index in [1.54, 1.807) is 0 Å². The molecule has 0 spiro atoms. The zero-order valence-electron chi connectivity index (χ0n) is 15.1. The normalized spacial score (nSPS) is 20.9. The minimum atomic E-state index is -0.380. The Hall–Kier alpha value is -2.08. The van der Waals surface area contributed by atoms with Gasteiger partial charge < -0.3 is 14.5 Å². The summed E-state index contributed by atoms with van der Waals surface area (Å²) >= 11 is 0. The molecule has 2 aliphatic heterocycles. The molecule has 0 aliphatic carbocycles. The van der Waals surface area contributed by atoms with Crippen molar-refractivity contribution in [3.8, 4) is 0 Å². The predicted molar refractivity (Wildman–Crippen MR) is 95.1 cm³/mol. The minimum Gasteiger partial charge on any atom is -0.448 e. The number of carbonyl (C=O) groups excluding carboxylic acids is 2. The Morgan fingerprint density at radius 3 is 2.60 bits per heavy atom. The van der Waals surface area contributed by atoms with E-state index in [1.807, 2.05) is 4.90 Å². The van der Waals surface area contributed by atoms with Crippen LogP contribution in [0, 0.1) is 0 Å². The summed E-state index contributed by atoms with van der Waals surface area (Å²) in [7, 11) is 4.11. The Kier molecular flexibility index (Phi) is 5.58. The van der Waals surface area contributed by atoms with Crippen LogP contribution in [-0.4, -0.2) is 67.0 Å². The van der Waals surface area contributed by atoms with Crippen LogP contribution in [0.1, 0.15) is 36.4 Å². The number of likely N-dealkylation sites (tertiary alicyclic amines) is 1. The van der Waals surface area contributed by atoms with E-state index in [-0.39, 0.29) is 24.6 Å². The first kappa shape index (κ1) is 17.7. The van der Waals surface area contributed by atoms with Gasteiger partial charge in [0.05, 0.1) is 12.6 Å². The van der Waals surface area contributed by atoms with Gasteiger partial charge in [0, 0.05) is 13.1 Å². The summed E-state index contributed by atoms with van der Waals surface area (Å²) in [6, 6.07) is 8.67. The van der Waals surface area contributed by atoms with Gasteiger partial charge in [0.25, 0.3) is 0 Å². The number of hydrogen-bond donors (Lipinski definition) is 0. The minimum absolute atomic E-state index is 0.0147. The SMILES string of the molecule is CN(C)Cc1ccc([C@@H]2CCCCN2C(=O)CN2CCOC2=O)cc1. The van der Waals surface area contributed by atoms with E-state index in [0.717, 1.165) is 32.4 Å². The third kappa shape index (κ3) is 4.31. The molecule has 3 rings (SSSR count). The maximum Gasteiger partial charge on any atom is 0.410 e. The van der Waals surface area contributed by atoms with Crippen molar-refractivity contribution in [2.45, 2.75) is 31.8 Å². The van der Waals surface area contributed by atoms with E-state index < -0.39 is 0 Å². The van der Waals surface area contributed by atoms with E-state index in [1.165, 1.54) is 16.0 Å². The molecule has 6 heteroatoms. The highest BCUT2D eigenvalue weighted by molar-refractivity contribution is 5.83. The molecule has 0 unspecified atom stereocenters. The van der Waals surface area contributed by atoms with Crippen molar-refractivity contribution in [1.82, 2.24) is 14.7 Å². The summed E-state index contributed by atoms with van der Waals surface area (Å²) in [4.78, 5) is 29.9. The Morgan fingerprint density at radius 1 is 1.20 bits per heavy atom. The molecule has 136 valence electrons. The second-order valence-electron chi connectivity index (χ2n) is 7.11. The second-order valence-corrected chi connectivity index (χ2v) is 7.11. The first-order valence-electron chi connectivity index (χ1n) is 8.99. The van der Waals surface area contributed by atoms with Crippen molar-refractivity contribution < 1.29 is 14.3 Å². The number of ether oxygens (including phenoxy) is 1. The number of carbonyl (C=O) groups is 2. The van der Waals surface area contributed by atoms with Gasteiger partial charge in [-0.2, -0.15) is 0 Å². The molecule has 6 nitrogen and oxygen atoms in total. The Balaban J connectivity index is 1.69. The van der Waals surface area contributed by atoms with E-state index in [9.17, 15) is 9.59 Å². The monoisotopic (exact) mass is 345 g/mol. The standard InChI is InChI=1S/C19H27N3O3/c1-20(2)13-15-6-8-16(9-7-15)17-5-3-4-10-22(17)18(23)14-21-11-12-25-19(21)24/h6-9,17H,3-5,10-14H2,1-2H3/t17-/m0/s1. The summed E-state index contributed by atoms with van der Waals surface area (Å²) in [6.45, 7) is 2.66. The van der Waals surface area contributed by atoms with Crippen LogP contribution >= 0.6 is 0 Å². The quantitative estimate of drug-likeness (QED) is 0.821. The van der Waals surface area contributed by atoms with Gasteiger partial charge in [-0.1, -0.05) is 24.3 Å². The van der Waals surface area contributed by atoms with E-state index in [2.05, 4.69) is 43.3 Å². The molecule has 2 aliphatic rings. The summed E-state index contributed by atoms with van der Waals surface area (Å²) in [5.41, 5.74) is 2.45. The summed E-state index contributed by atoms with van der Waals surface area (Å²) in [5.74, 6) is 0.0147. The molecule has 1 atom stereocenters. The Bertz CT molecular complexity index is 615. The van der Waals surface area contributed by atoms with Crippen molar-refractivity contribution in [3.63, 3.8) is 0 Å². The third-order valence-electron chi connectivity index (χ3n) is 4.86. The van der Waals surface area contributed by atoms with Gasteiger partial charge in [0.1, 0.15) is 13.2 Å². The second kappa shape index (κ2) is 7.87. The van der Waals surface area contributed by atoms with Crippen LogP contribution in [0.15, 0.2) is 24.3 Å². The van der Waals surface area contributed by atoms with Crippen LogP contribution < -0.4 is 0 Å². The molecular weight excluding hydrogens is 318 g/mol. The molecular formula is C19H27N3O3. The molecule has 0 radical (unpaired) electrons. The molecule has 2 saturated heterocycles. The first-order chi connectivity index (χ1) is 12.0. The number of hydrogen-bond acceptors (Lipinski definition) is 4. The fourth-order valence-corrected chi connectivity index (χ4v) is 3.61. The fraction of sp³-hybridized carbons (Fsp3) is 0.579. The number of piperidine rings is 1. The lowest BCUT2D eigenvalue weighted by Gasteiger charge is -2.37. The lowest BCUT2D eigenvalue weighted by Crippen LogP contribution is -2.44. The van der Waals surface area contributed by atoms with Crippen LogP contribution in [-0.2, 0) is 16.1 Å². The molecule has 2 fully saturated rings. The maximum absolute atomic E-state index is 12.8. The number of benzene rings is 1. The van der Waals surface area contributed by atoms with Crippen LogP contribution in [0.25, 0.3) is 0 Å². The Labute approximate surface area is 149 Å². The van der Waals surface area contributed by atoms with Gasteiger partial charge in [-0.3, -0.25) is 9.69 Å². The van der Waals surface area contributed by atoms with Gasteiger partial charge in [-0.15, -0.1) is 0 Å². The van der Waals surface area contributed by atoms with Crippen molar-refractivity contribution in [2.24, 2.45) is 0 Å². The average molecular weight is 345 g/mol. The molecule has 0 aromatic heterocycles. The maximum atomic E-state index is 12.8.